The molecule has 94 valence electrons. The minimum atomic E-state index is -0.919. The molecule has 2 rings (SSSR count). The first-order chi connectivity index (χ1) is 7.59. The van der Waals surface area contributed by atoms with Crippen LogP contribution in [0.1, 0.15) is 29.9 Å². The topological polar surface area (TPSA) is 63.3 Å². The molecule has 0 heterocycles. The van der Waals surface area contributed by atoms with Crippen LogP contribution in [0, 0.1) is 0 Å². The fraction of sp³-hybridized carbons (Fsp3) is 0.417. The molecule has 1 aromatic rings. The Hall–Kier alpha value is -0.390. The van der Waals surface area contributed by atoms with Crippen LogP contribution in [-0.2, 0) is 11.2 Å². The van der Waals surface area contributed by atoms with Crippen LogP contribution in [0.25, 0.3) is 0 Å². The van der Waals surface area contributed by atoms with Gasteiger partial charge in [-0.3, -0.25) is 4.79 Å². The normalized spacial score (nSPS) is 20.0. The Balaban J connectivity index is 0.00000144. The van der Waals surface area contributed by atoms with Crippen molar-refractivity contribution in [2.45, 2.75) is 31.2 Å². The van der Waals surface area contributed by atoms with Crippen LogP contribution in [-0.4, -0.2) is 17.1 Å². The average molecular weight is 365 g/mol. The van der Waals surface area contributed by atoms with Gasteiger partial charge in [-0.25, -0.2) is 0 Å². The van der Waals surface area contributed by atoms with Gasteiger partial charge in [-0.1, -0.05) is 22.0 Å². The number of carbonyl (C=O) groups is 1. The molecule has 3 N–H and O–H groups in total. The second-order valence-corrected chi connectivity index (χ2v) is 5.12. The molecule has 1 aliphatic carbocycles. The van der Waals surface area contributed by atoms with Crippen molar-refractivity contribution in [1.29, 1.82) is 0 Å². The van der Waals surface area contributed by atoms with E-state index in [9.17, 15) is 4.79 Å². The molecule has 5 heteroatoms. The molecule has 1 aromatic carbocycles. The number of carboxylic acid groups (broad SMARTS) is 1. The first kappa shape index (κ1) is 14.7. The highest BCUT2D eigenvalue weighted by Gasteiger charge is 2.29. The molecule has 0 aliphatic heterocycles. The minimum absolute atomic E-state index is 0. The second kappa shape index (κ2) is 5.98. The van der Waals surface area contributed by atoms with Gasteiger partial charge in [-0.2, -0.15) is 0 Å². The molecule has 0 bridgehead atoms. The first-order valence-electron chi connectivity index (χ1n) is 5.36. The summed E-state index contributed by atoms with van der Waals surface area (Å²) in [6.45, 7) is 0. The molecule has 0 saturated heterocycles. The molecule has 0 amide bonds. The standard InChI is InChI=1S/C12H14BrNO2.BrH/c13-8-5-4-7-2-1-3-9(10(7)6-8)11(14)12(15)16;/h4-6,9,11H,1-3,14H2,(H,15,16);1H/t9-,11?;/m1./s1. The van der Waals surface area contributed by atoms with Crippen LogP contribution in [0.2, 0.25) is 0 Å². The third-order valence-corrected chi connectivity index (χ3v) is 3.68. The van der Waals surface area contributed by atoms with Crippen LogP contribution in [0.15, 0.2) is 22.7 Å². The van der Waals surface area contributed by atoms with Crippen molar-refractivity contribution >= 4 is 38.9 Å². The van der Waals surface area contributed by atoms with Crippen LogP contribution < -0.4 is 5.73 Å². The number of carboxylic acids is 1. The Bertz CT molecular complexity index is 423. The van der Waals surface area contributed by atoms with Crippen molar-refractivity contribution in [3.63, 3.8) is 0 Å². The molecule has 1 unspecified atom stereocenters. The van der Waals surface area contributed by atoms with Crippen LogP contribution in [0.4, 0.5) is 0 Å². The third kappa shape index (κ3) is 3.09. The second-order valence-electron chi connectivity index (χ2n) is 4.21. The molecular formula is C12H15Br2NO2. The summed E-state index contributed by atoms with van der Waals surface area (Å²) in [5.41, 5.74) is 8.07. The lowest BCUT2D eigenvalue weighted by Crippen LogP contribution is -2.38. The van der Waals surface area contributed by atoms with E-state index in [1.165, 1.54) is 5.56 Å². The highest BCUT2D eigenvalue weighted by atomic mass is 79.9. The number of aryl methyl sites for hydroxylation is 1. The van der Waals surface area contributed by atoms with Gasteiger partial charge in [0.25, 0.3) is 0 Å². The molecule has 17 heavy (non-hydrogen) atoms. The zero-order valence-electron chi connectivity index (χ0n) is 9.23. The van der Waals surface area contributed by atoms with Crippen molar-refractivity contribution in [1.82, 2.24) is 0 Å². The Morgan fingerprint density at radius 3 is 2.88 bits per heavy atom. The largest absolute Gasteiger partial charge is 0.480 e. The predicted molar refractivity (Wildman–Crippen MR) is 75.8 cm³/mol. The third-order valence-electron chi connectivity index (χ3n) is 3.19. The van der Waals surface area contributed by atoms with Crippen LogP contribution >= 0.6 is 32.9 Å². The molecule has 1 aliphatic rings. The Labute approximate surface area is 119 Å². The summed E-state index contributed by atoms with van der Waals surface area (Å²) >= 11 is 3.42. The SMILES string of the molecule is Br.NC(C(=O)O)[C@@H]1CCCc2ccc(Br)cc21. The van der Waals surface area contributed by atoms with Gasteiger partial charge in [-0.05, 0) is 42.5 Å². The maximum atomic E-state index is 11.0. The number of nitrogens with two attached hydrogens (primary N) is 1. The summed E-state index contributed by atoms with van der Waals surface area (Å²) in [6, 6.07) is 5.25. The molecular weight excluding hydrogens is 350 g/mol. The van der Waals surface area contributed by atoms with Crippen molar-refractivity contribution in [3.8, 4) is 0 Å². The molecule has 0 spiro atoms. The smallest absolute Gasteiger partial charge is 0.321 e. The minimum Gasteiger partial charge on any atom is -0.480 e. The van der Waals surface area contributed by atoms with E-state index in [1.807, 2.05) is 12.1 Å². The molecule has 0 fully saturated rings. The molecule has 2 atom stereocenters. The average Bonchev–Trinajstić information content (AvgIpc) is 2.27. The number of fused-ring (bicyclic) bond motifs is 1. The van der Waals surface area contributed by atoms with Gasteiger partial charge in [0.1, 0.15) is 6.04 Å². The molecule has 0 saturated carbocycles. The number of hydrogen-bond donors (Lipinski definition) is 2. The monoisotopic (exact) mass is 363 g/mol. The number of halogens is 2. The molecule has 0 radical (unpaired) electrons. The van der Waals surface area contributed by atoms with Gasteiger partial charge in [0, 0.05) is 10.4 Å². The van der Waals surface area contributed by atoms with Crippen LogP contribution in [0.5, 0.6) is 0 Å². The Morgan fingerprint density at radius 1 is 1.53 bits per heavy atom. The lowest BCUT2D eigenvalue weighted by atomic mass is 9.79. The fourth-order valence-corrected chi connectivity index (χ4v) is 2.73. The lowest BCUT2D eigenvalue weighted by molar-refractivity contribution is -0.139. The number of rotatable bonds is 2. The predicted octanol–water partition coefficient (Wildman–Crippen LogP) is 2.86. The summed E-state index contributed by atoms with van der Waals surface area (Å²) in [5, 5.41) is 8.99. The van der Waals surface area contributed by atoms with Gasteiger partial charge >= 0.3 is 5.97 Å². The van der Waals surface area contributed by atoms with Gasteiger partial charge in [-0.15, -0.1) is 17.0 Å². The van der Waals surface area contributed by atoms with Gasteiger partial charge in [0.2, 0.25) is 0 Å². The summed E-state index contributed by atoms with van der Waals surface area (Å²) in [5.74, 6) is -0.975. The van der Waals surface area contributed by atoms with E-state index >= 15 is 0 Å². The summed E-state index contributed by atoms with van der Waals surface area (Å²) in [7, 11) is 0. The van der Waals surface area contributed by atoms with Gasteiger partial charge < -0.3 is 10.8 Å². The van der Waals surface area contributed by atoms with Crippen molar-refractivity contribution in [2.24, 2.45) is 5.73 Å². The van der Waals surface area contributed by atoms with Crippen molar-refractivity contribution in [3.05, 3.63) is 33.8 Å². The zero-order valence-corrected chi connectivity index (χ0v) is 12.5. The highest BCUT2D eigenvalue weighted by molar-refractivity contribution is 9.10. The van der Waals surface area contributed by atoms with Gasteiger partial charge in [0.05, 0.1) is 0 Å². The lowest BCUT2D eigenvalue weighted by Gasteiger charge is -2.28. The maximum absolute atomic E-state index is 11.0. The first-order valence-corrected chi connectivity index (χ1v) is 6.15. The summed E-state index contributed by atoms with van der Waals surface area (Å²) < 4.78 is 0.982. The van der Waals surface area contributed by atoms with Gasteiger partial charge in [0.15, 0.2) is 0 Å². The summed E-state index contributed by atoms with van der Waals surface area (Å²) in [4.78, 5) is 11.0. The maximum Gasteiger partial charge on any atom is 0.321 e. The van der Waals surface area contributed by atoms with Crippen LogP contribution in [0.3, 0.4) is 0 Å². The van der Waals surface area contributed by atoms with E-state index in [4.69, 9.17) is 10.8 Å². The van der Waals surface area contributed by atoms with E-state index in [1.54, 1.807) is 0 Å². The quantitative estimate of drug-likeness (QED) is 0.848. The molecule has 0 aromatic heterocycles. The number of hydrogen-bond acceptors (Lipinski definition) is 2. The van der Waals surface area contributed by atoms with E-state index in [0.29, 0.717) is 0 Å². The van der Waals surface area contributed by atoms with E-state index < -0.39 is 12.0 Å². The molecule has 3 nitrogen and oxygen atoms in total. The zero-order chi connectivity index (χ0) is 11.7. The number of aliphatic carboxylic acids is 1. The summed E-state index contributed by atoms with van der Waals surface area (Å²) in [6.07, 6.45) is 2.89. The Morgan fingerprint density at radius 2 is 2.24 bits per heavy atom. The van der Waals surface area contributed by atoms with E-state index in [-0.39, 0.29) is 22.9 Å². The number of benzene rings is 1. The van der Waals surface area contributed by atoms with Crippen molar-refractivity contribution in [2.75, 3.05) is 0 Å². The fourth-order valence-electron chi connectivity index (χ4n) is 2.35. The Kier molecular flexibility index (Phi) is 5.16. The van der Waals surface area contributed by atoms with E-state index in [0.717, 1.165) is 29.3 Å². The highest BCUT2D eigenvalue weighted by Crippen LogP contribution is 2.35. The van der Waals surface area contributed by atoms with E-state index in [2.05, 4.69) is 22.0 Å². The van der Waals surface area contributed by atoms with Crippen molar-refractivity contribution < 1.29 is 9.90 Å².